The Balaban J connectivity index is 3.77. The molecule has 0 bridgehead atoms. The molecule has 0 saturated carbocycles. The van der Waals surface area contributed by atoms with Crippen molar-refractivity contribution in [3.63, 3.8) is 0 Å². The summed E-state index contributed by atoms with van der Waals surface area (Å²) in [6.07, 6.45) is 2.82. The van der Waals surface area contributed by atoms with E-state index in [2.05, 4.69) is 37.9 Å². The van der Waals surface area contributed by atoms with E-state index in [0.29, 0.717) is 5.41 Å². The maximum Gasteiger partial charge on any atom is 0.0507 e. The Kier molecular flexibility index (Phi) is 4.64. The van der Waals surface area contributed by atoms with Gasteiger partial charge < -0.3 is 5.43 Å². The van der Waals surface area contributed by atoms with Crippen LogP contribution in [0.3, 0.4) is 0 Å². The molecule has 0 aromatic heterocycles. The van der Waals surface area contributed by atoms with E-state index in [4.69, 9.17) is 0 Å². The van der Waals surface area contributed by atoms with Crippen LogP contribution in [0.15, 0.2) is 17.8 Å². The molecule has 0 aliphatic rings. The molecule has 0 amide bonds. The van der Waals surface area contributed by atoms with Gasteiger partial charge in [0.05, 0.1) is 6.54 Å². The Morgan fingerprint density at radius 2 is 2.08 bits per heavy atom. The van der Waals surface area contributed by atoms with Crippen LogP contribution in [0, 0.1) is 5.41 Å². The second-order valence-corrected chi connectivity index (χ2v) is 4.24. The zero-order chi connectivity index (χ0) is 9.61. The number of hydrogen-bond donors (Lipinski definition) is 1. The molecule has 0 fully saturated rings. The van der Waals surface area contributed by atoms with E-state index in [-0.39, 0.29) is 0 Å². The van der Waals surface area contributed by atoms with Gasteiger partial charge in [-0.15, -0.1) is 6.58 Å². The Bertz CT molecular complexity index is 163. The van der Waals surface area contributed by atoms with E-state index in [9.17, 15) is 0 Å². The lowest BCUT2D eigenvalue weighted by molar-refractivity contribution is 0.432. The van der Waals surface area contributed by atoms with Crippen LogP contribution in [0.25, 0.3) is 0 Å². The van der Waals surface area contributed by atoms with Crippen LogP contribution in [0.4, 0.5) is 0 Å². The van der Waals surface area contributed by atoms with Crippen molar-refractivity contribution in [3.05, 3.63) is 12.7 Å². The summed E-state index contributed by atoms with van der Waals surface area (Å²) in [6, 6.07) is 0. The summed E-state index contributed by atoms with van der Waals surface area (Å²) in [6.45, 7) is 13.0. The Labute approximate surface area is 75.7 Å². The SMILES string of the molecule is C=CCN/N=C(/C)CC(C)(C)C. The molecule has 0 rings (SSSR count). The second kappa shape index (κ2) is 4.96. The largest absolute Gasteiger partial charge is 0.306 e. The molecule has 1 N–H and O–H groups in total. The monoisotopic (exact) mass is 168 g/mol. The van der Waals surface area contributed by atoms with E-state index in [1.165, 1.54) is 0 Å². The number of nitrogens with zero attached hydrogens (tertiary/aromatic N) is 1. The lowest BCUT2D eigenvalue weighted by Gasteiger charge is -2.17. The molecule has 0 saturated heterocycles. The summed E-state index contributed by atoms with van der Waals surface area (Å²) in [5.74, 6) is 0. The summed E-state index contributed by atoms with van der Waals surface area (Å²) in [5.41, 5.74) is 4.39. The van der Waals surface area contributed by atoms with Crippen LogP contribution < -0.4 is 5.43 Å². The van der Waals surface area contributed by atoms with E-state index in [0.717, 1.165) is 18.7 Å². The fourth-order valence-electron chi connectivity index (χ4n) is 1.05. The molecule has 70 valence electrons. The molecule has 2 nitrogen and oxygen atoms in total. The van der Waals surface area contributed by atoms with Gasteiger partial charge in [-0.05, 0) is 18.8 Å². The lowest BCUT2D eigenvalue weighted by atomic mass is 9.90. The fourth-order valence-corrected chi connectivity index (χ4v) is 1.05. The number of hydrazone groups is 1. The van der Waals surface area contributed by atoms with Crippen LogP contribution >= 0.6 is 0 Å². The van der Waals surface area contributed by atoms with Gasteiger partial charge >= 0.3 is 0 Å². The third kappa shape index (κ3) is 7.32. The van der Waals surface area contributed by atoms with Gasteiger partial charge in [-0.25, -0.2) is 0 Å². The quantitative estimate of drug-likeness (QED) is 0.297. The zero-order valence-electron chi connectivity index (χ0n) is 8.65. The molecule has 0 spiro atoms. The molecular formula is C10H20N2. The molecule has 12 heavy (non-hydrogen) atoms. The van der Waals surface area contributed by atoms with Crippen molar-refractivity contribution in [2.75, 3.05) is 6.54 Å². The molecular weight excluding hydrogens is 148 g/mol. The molecule has 0 radical (unpaired) electrons. The van der Waals surface area contributed by atoms with E-state index in [1.54, 1.807) is 6.08 Å². The summed E-state index contributed by atoms with van der Waals surface area (Å²) in [4.78, 5) is 0. The number of hydrogen-bond acceptors (Lipinski definition) is 2. The standard InChI is InChI=1S/C10H20N2/c1-6-7-11-12-9(2)8-10(3,4)5/h6,11H,1,7-8H2,2-5H3/b12-9-. The Morgan fingerprint density at radius 3 is 2.50 bits per heavy atom. The minimum atomic E-state index is 0.323. The highest BCUT2D eigenvalue weighted by Crippen LogP contribution is 2.18. The minimum absolute atomic E-state index is 0.323. The molecule has 0 atom stereocenters. The summed E-state index contributed by atoms with van der Waals surface area (Å²) in [7, 11) is 0. The normalized spacial score (nSPS) is 12.8. The third-order valence-corrected chi connectivity index (χ3v) is 1.29. The van der Waals surface area contributed by atoms with Crippen molar-refractivity contribution in [2.45, 2.75) is 34.1 Å². The van der Waals surface area contributed by atoms with Gasteiger partial charge in [0.1, 0.15) is 0 Å². The number of nitrogens with one attached hydrogen (secondary N) is 1. The van der Waals surface area contributed by atoms with E-state index in [1.807, 2.05) is 6.92 Å². The Hall–Kier alpha value is -0.790. The maximum atomic E-state index is 4.19. The Morgan fingerprint density at radius 1 is 1.50 bits per heavy atom. The third-order valence-electron chi connectivity index (χ3n) is 1.29. The van der Waals surface area contributed by atoms with Gasteiger partial charge in [0.25, 0.3) is 0 Å². The van der Waals surface area contributed by atoms with Gasteiger partial charge in [0, 0.05) is 5.71 Å². The average molecular weight is 168 g/mol. The fraction of sp³-hybridized carbons (Fsp3) is 0.700. The zero-order valence-corrected chi connectivity index (χ0v) is 8.65. The van der Waals surface area contributed by atoms with Gasteiger partial charge in [-0.3, -0.25) is 0 Å². The average Bonchev–Trinajstić information content (AvgIpc) is 1.84. The first kappa shape index (κ1) is 11.2. The lowest BCUT2D eigenvalue weighted by Crippen LogP contribution is -2.14. The molecule has 0 aromatic carbocycles. The van der Waals surface area contributed by atoms with Crippen LogP contribution in [-0.4, -0.2) is 12.3 Å². The predicted molar refractivity (Wildman–Crippen MR) is 55.4 cm³/mol. The van der Waals surface area contributed by atoms with Crippen LogP contribution in [0.2, 0.25) is 0 Å². The van der Waals surface area contributed by atoms with Gasteiger partial charge in [0.2, 0.25) is 0 Å². The van der Waals surface area contributed by atoms with Gasteiger partial charge in [-0.1, -0.05) is 26.8 Å². The predicted octanol–water partition coefficient (Wildman–Crippen LogP) is 2.57. The topological polar surface area (TPSA) is 24.4 Å². The maximum absolute atomic E-state index is 4.19. The molecule has 0 aliphatic carbocycles. The van der Waals surface area contributed by atoms with E-state index < -0.39 is 0 Å². The van der Waals surface area contributed by atoms with Crippen LogP contribution in [0.1, 0.15) is 34.1 Å². The van der Waals surface area contributed by atoms with Crippen molar-refractivity contribution in [2.24, 2.45) is 10.5 Å². The summed E-state index contributed by atoms with van der Waals surface area (Å²) in [5, 5.41) is 4.19. The minimum Gasteiger partial charge on any atom is -0.306 e. The van der Waals surface area contributed by atoms with Crippen LogP contribution in [-0.2, 0) is 0 Å². The summed E-state index contributed by atoms with van der Waals surface area (Å²) >= 11 is 0. The molecule has 0 heterocycles. The van der Waals surface area contributed by atoms with Crippen molar-refractivity contribution in [3.8, 4) is 0 Å². The van der Waals surface area contributed by atoms with Crippen molar-refractivity contribution in [1.82, 2.24) is 5.43 Å². The molecule has 0 aliphatic heterocycles. The van der Waals surface area contributed by atoms with Gasteiger partial charge in [-0.2, -0.15) is 5.10 Å². The van der Waals surface area contributed by atoms with Crippen molar-refractivity contribution < 1.29 is 0 Å². The van der Waals surface area contributed by atoms with Crippen LogP contribution in [0.5, 0.6) is 0 Å². The second-order valence-electron chi connectivity index (χ2n) is 4.24. The first-order valence-electron chi connectivity index (χ1n) is 4.32. The molecule has 0 aromatic rings. The van der Waals surface area contributed by atoms with Crippen molar-refractivity contribution in [1.29, 1.82) is 0 Å². The molecule has 0 unspecified atom stereocenters. The summed E-state index contributed by atoms with van der Waals surface area (Å²) < 4.78 is 0. The van der Waals surface area contributed by atoms with E-state index >= 15 is 0 Å². The highest BCUT2D eigenvalue weighted by molar-refractivity contribution is 5.82. The van der Waals surface area contributed by atoms with Gasteiger partial charge in [0.15, 0.2) is 0 Å². The highest BCUT2D eigenvalue weighted by atomic mass is 15.3. The first-order chi connectivity index (χ1) is 5.45. The highest BCUT2D eigenvalue weighted by Gasteiger charge is 2.11. The number of rotatable bonds is 4. The molecule has 2 heteroatoms. The van der Waals surface area contributed by atoms with Crippen molar-refractivity contribution >= 4 is 5.71 Å². The smallest absolute Gasteiger partial charge is 0.0507 e. The first-order valence-corrected chi connectivity index (χ1v) is 4.32.